The molecule has 1 aromatic carbocycles. The molecule has 2 fully saturated rings. The van der Waals surface area contributed by atoms with E-state index in [0.29, 0.717) is 5.65 Å². The number of benzene rings is 1. The van der Waals surface area contributed by atoms with E-state index in [-0.39, 0.29) is 11.5 Å². The lowest BCUT2D eigenvalue weighted by molar-refractivity contribution is -0.213. The normalized spacial score (nSPS) is 28.9. The fourth-order valence-corrected chi connectivity index (χ4v) is 5.55. The van der Waals surface area contributed by atoms with Gasteiger partial charge in [-0.15, -0.1) is 0 Å². The van der Waals surface area contributed by atoms with Crippen LogP contribution in [0.15, 0.2) is 47.8 Å². The summed E-state index contributed by atoms with van der Waals surface area (Å²) in [6, 6.07) is 8.44. The van der Waals surface area contributed by atoms with Gasteiger partial charge in [0.15, 0.2) is 12.0 Å². The molecule has 0 bridgehead atoms. The Labute approximate surface area is 192 Å². The van der Waals surface area contributed by atoms with Crippen LogP contribution in [0.4, 0.5) is 0 Å². The summed E-state index contributed by atoms with van der Waals surface area (Å²) in [6.45, 7) is 9.11. The third-order valence-electron chi connectivity index (χ3n) is 6.31. The van der Waals surface area contributed by atoms with Crippen LogP contribution in [-0.4, -0.2) is 53.2 Å². The molecular formula is C23H27N3O6S. The van der Waals surface area contributed by atoms with Gasteiger partial charge in [-0.25, -0.2) is 9.97 Å². The molecule has 0 aliphatic carbocycles. The number of hydrogen-bond donors (Lipinski definition) is 0. The van der Waals surface area contributed by atoms with Gasteiger partial charge in [0, 0.05) is 11.6 Å². The van der Waals surface area contributed by atoms with Crippen molar-refractivity contribution in [3.05, 3.63) is 54.1 Å². The van der Waals surface area contributed by atoms with Crippen molar-refractivity contribution in [2.24, 2.45) is 0 Å². The second-order valence-electron chi connectivity index (χ2n) is 9.21. The standard InChI is InChI=1S/C23H27N3O6S/c1-14-6-8-16(9-7-14)33(27,28)29-12-18-23(5)19(31-22(3,4)32-23)21(30-18)26-11-10-17-15(2)24-13-25-20(17)26/h6-11,13,18-19,21H,12H2,1-5H3/t18-,19+,21-,23-/m0/s1. The molecule has 2 aromatic heterocycles. The van der Waals surface area contributed by atoms with E-state index in [2.05, 4.69) is 9.97 Å². The lowest BCUT2D eigenvalue weighted by Crippen LogP contribution is -2.45. The molecule has 0 saturated carbocycles. The van der Waals surface area contributed by atoms with Crippen molar-refractivity contribution in [1.29, 1.82) is 0 Å². The predicted octanol–water partition coefficient (Wildman–Crippen LogP) is 3.26. The summed E-state index contributed by atoms with van der Waals surface area (Å²) in [5, 5.41) is 0.905. The molecule has 0 radical (unpaired) electrons. The third-order valence-corrected chi connectivity index (χ3v) is 7.61. The first-order valence-corrected chi connectivity index (χ1v) is 12.2. The van der Waals surface area contributed by atoms with E-state index < -0.39 is 39.9 Å². The van der Waals surface area contributed by atoms with Crippen molar-refractivity contribution < 1.29 is 26.8 Å². The Bertz CT molecular complexity index is 1300. The SMILES string of the molecule is Cc1ccc(S(=O)(=O)OC[C@@H]2O[C@H](n3ccc4c(C)ncnc43)[C@H]3OC(C)(C)O[C@@]23C)cc1. The Balaban J connectivity index is 1.46. The van der Waals surface area contributed by atoms with Gasteiger partial charge in [0.05, 0.1) is 17.2 Å². The number of aromatic nitrogens is 3. The summed E-state index contributed by atoms with van der Waals surface area (Å²) in [4.78, 5) is 8.77. The summed E-state index contributed by atoms with van der Waals surface area (Å²) in [5.74, 6) is -0.872. The number of hydrogen-bond acceptors (Lipinski definition) is 8. The van der Waals surface area contributed by atoms with Crippen molar-refractivity contribution in [2.75, 3.05) is 6.61 Å². The minimum absolute atomic E-state index is 0.0943. The molecule has 2 aliphatic heterocycles. The molecule has 0 amide bonds. The van der Waals surface area contributed by atoms with E-state index in [1.807, 2.05) is 51.4 Å². The van der Waals surface area contributed by atoms with E-state index in [9.17, 15) is 8.42 Å². The summed E-state index contributed by atoms with van der Waals surface area (Å²) in [7, 11) is -3.96. The van der Waals surface area contributed by atoms with Gasteiger partial charge >= 0.3 is 0 Å². The van der Waals surface area contributed by atoms with Crippen LogP contribution in [0.2, 0.25) is 0 Å². The maximum atomic E-state index is 12.8. The van der Waals surface area contributed by atoms with Crippen molar-refractivity contribution in [1.82, 2.24) is 14.5 Å². The molecule has 3 aromatic rings. The zero-order valence-corrected chi connectivity index (χ0v) is 20.0. The number of ether oxygens (including phenoxy) is 3. The number of fused-ring (bicyclic) bond motifs is 2. The zero-order chi connectivity index (χ0) is 23.6. The molecule has 4 atom stereocenters. The average molecular weight is 474 g/mol. The van der Waals surface area contributed by atoms with Crippen LogP contribution in [0.25, 0.3) is 11.0 Å². The maximum absolute atomic E-state index is 12.8. The molecule has 10 heteroatoms. The summed E-state index contributed by atoms with van der Waals surface area (Å²) in [5.41, 5.74) is 1.59. The van der Waals surface area contributed by atoms with Crippen LogP contribution in [0.3, 0.4) is 0 Å². The fraction of sp³-hybridized carbons (Fsp3) is 0.478. The lowest BCUT2D eigenvalue weighted by atomic mass is 9.95. The first-order valence-electron chi connectivity index (χ1n) is 10.8. The first kappa shape index (κ1) is 22.4. The van der Waals surface area contributed by atoms with Gasteiger partial charge in [-0.3, -0.25) is 4.18 Å². The largest absolute Gasteiger partial charge is 0.346 e. The zero-order valence-electron chi connectivity index (χ0n) is 19.2. The summed E-state index contributed by atoms with van der Waals surface area (Å²) in [6.07, 6.45) is 1.59. The van der Waals surface area contributed by atoms with Gasteiger partial charge in [-0.05, 0) is 52.8 Å². The Kier molecular flexibility index (Phi) is 5.15. The minimum Gasteiger partial charge on any atom is -0.346 e. The van der Waals surface area contributed by atoms with Gasteiger partial charge < -0.3 is 18.8 Å². The summed E-state index contributed by atoms with van der Waals surface area (Å²) < 4.78 is 51.7. The highest BCUT2D eigenvalue weighted by molar-refractivity contribution is 7.86. The minimum atomic E-state index is -3.96. The topological polar surface area (TPSA) is 102 Å². The smallest absolute Gasteiger partial charge is 0.297 e. The highest BCUT2D eigenvalue weighted by Gasteiger charge is 2.64. The molecule has 4 heterocycles. The fourth-order valence-electron chi connectivity index (χ4n) is 4.64. The van der Waals surface area contributed by atoms with E-state index in [0.717, 1.165) is 16.6 Å². The van der Waals surface area contributed by atoms with Gasteiger partial charge in [-0.1, -0.05) is 17.7 Å². The molecule has 33 heavy (non-hydrogen) atoms. The molecule has 176 valence electrons. The molecule has 0 N–H and O–H groups in total. The van der Waals surface area contributed by atoms with Crippen LogP contribution in [0.1, 0.15) is 38.3 Å². The van der Waals surface area contributed by atoms with E-state index in [1.165, 1.54) is 18.5 Å². The molecule has 2 saturated heterocycles. The van der Waals surface area contributed by atoms with Crippen LogP contribution in [-0.2, 0) is 28.5 Å². The Morgan fingerprint density at radius 1 is 1.09 bits per heavy atom. The Morgan fingerprint density at radius 3 is 2.55 bits per heavy atom. The number of rotatable bonds is 5. The van der Waals surface area contributed by atoms with E-state index in [4.69, 9.17) is 18.4 Å². The van der Waals surface area contributed by atoms with Crippen LogP contribution < -0.4 is 0 Å². The van der Waals surface area contributed by atoms with Gasteiger partial charge in [-0.2, -0.15) is 8.42 Å². The maximum Gasteiger partial charge on any atom is 0.297 e. The first-order chi connectivity index (χ1) is 15.5. The van der Waals surface area contributed by atoms with Crippen molar-refractivity contribution in [3.63, 3.8) is 0 Å². The van der Waals surface area contributed by atoms with Gasteiger partial charge in [0.1, 0.15) is 29.8 Å². The van der Waals surface area contributed by atoms with Crippen molar-refractivity contribution >= 4 is 21.2 Å². The second kappa shape index (κ2) is 7.57. The van der Waals surface area contributed by atoms with Crippen molar-refractivity contribution in [2.45, 2.75) is 69.3 Å². The quantitative estimate of drug-likeness (QED) is 0.521. The average Bonchev–Trinajstić information content (AvgIpc) is 3.35. The number of aryl methyl sites for hydroxylation is 2. The highest BCUT2D eigenvalue weighted by atomic mass is 32.2. The molecule has 0 unspecified atom stereocenters. The Morgan fingerprint density at radius 2 is 1.82 bits per heavy atom. The molecular weight excluding hydrogens is 446 g/mol. The highest BCUT2D eigenvalue weighted by Crippen LogP contribution is 2.50. The molecule has 9 nitrogen and oxygen atoms in total. The molecule has 0 spiro atoms. The Hall–Kier alpha value is -2.37. The predicted molar refractivity (Wildman–Crippen MR) is 119 cm³/mol. The van der Waals surface area contributed by atoms with Crippen LogP contribution >= 0.6 is 0 Å². The van der Waals surface area contributed by atoms with Gasteiger partial charge in [0.25, 0.3) is 10.1 Å². The van der Waals surface area contributed by atoms with Gasteiger partial charge in [0.2, 0.25) is 0 Å². The summed E-state index contributed by atoms with van der Waals surface area (Å²) >= 11 is 0. The van der Waals surface area contributed by atoms with Crippen molar-refractivity contribution in [3.8, 4) is 0 Å². The number of nitrogens with zero attached hydrogens (tertiary/aromatic N) is 3. The van der Waals surface area contributed by atoms with Crippen LogP contribution in [0, 0.1) is 13.8 Å². The van der Waals surface area contributed by atoms with E-state index >= 15 is 0 Å². The van der Waals surface area contributed by atoms with Crippen LogP contribution in [0.5, 0.6) is 0 Å². The monoisotopic (exact) mass is 473 g/mol. The molecule has 5 rings (SSSR count). The third kappa shape index (κ3) is 3.75. The van der Waals surface area contributed by atoms with E-state index in [1.54, 1.807) is 12.1 Å². The molecule has 2 aliphatic rings. The second-order valence-corrected chi connectivity index (χ2v) is 10.8. The lowest BCUT2D eigenvalue weighted by Gasteiger charge is -2.29.